The Morgan fingerprint density at radius 2 is 2.14 bits per heavy atom. The number of fused-ring (bicyclic) bond motifs is 1. The van der Waals surface area contributed by atoms with Crippen LogP contribution >= 0.6 is 46.6 Å². The molecule has 0 radical (unpaired) electrons. The van der Waals surface area contributed by atoms with Crippen LogP contribution in [0.1, 0.15) is 5.82 Å². The molecule has 1 saturated heterocycles. The topological polar surface area (TPSA) is 221 Å². The lowest BCUT2D eigenvalue weighted by Gasteiger charge is -2.50. The Labute approximate surface area is 252 Å². The van der Waals surface area contributed by atoms with Crippen LogP contribution < -0.4 is 20.7 Å². The lowest BCUT2D eigenvalue weighted by Crippen LogP contribution is -2.71. The average Bonchev–Trinajstić information content (AvgIpc) is 3.73. The number of nitrogens with one attached hydrogen (secondary N) is 1. The molecule has 0 saturated carbocycles. The van der Waals surface area contributed by atoms with Gasteiger partial charge in [-0.3, -0.25) is 19.1 Å². The molecule has 214 valence electrons. The lowest BCUT2D eigenvalue weighted by atomic mass is 10.0. The fraction of sp³-hybridized carbons (Fsp3) is 0.182. The summed E-state index contributed by atoms with van der Waals surface area (Å²) < 4.78 is 12.2. The van der Waals surface area contributed by atoms with Crippen molar-refractivity contribution in [2.24, 2.45) is 12.2 Å². The van der Waals surface area contributed by atoms with Gasteiger partial charge in [-0.2, -0.15) is 18.7 Å². The number of oxime groups is 1. The first-order valence-electron chi connectivity index (χ1n) is 11.8. The zero-order valence-corrected chi connectivity index (χ0v) is 24.4. The highest BCUT2D eigenvalue weighted by Crippen LogP contribution is 2.45. The van der Waals surface area contributed by atoms with Crippen LogP contribution in [-0.4, -0.2) is 79.0 Å². The molecule has 0 aromatic carbocycles. The maximum Gasteiger partial charge on any atom is 0.278 e. The molecule has 1 fully saturated rings. The number of aliphatic carboxylic acids is 1. The normalized spacial score (nSPS) is 18.5. The standard InChI is InChI=1S/C22H17N11O5S4/c1-31-4-2-3-9(5-31)10-6-32(8-24-10)21-27-22(42-30-21)40-11-7-39-18-13(17(35)33(18)14(11)19(36)37)25-16(34)12(28-38)15-26-20(23)41-29-15/h2-6,8,13,18H,7H2,1H3,(H4-,23,25,26,29,34,36,37,38)/t13-,18?/m1/s1. The zero-order valence-electron chi connectivity index (χ0n) is 21.1. The van der Waals surface area contributed by atoms with Gasteiger partial charge in [0.2, 0.25) is 17.5 Å². The molecule has 2 aliphatic heterocycles. The Bertz CT molecular complexity index is 1800. The Kier molecular flexibility index (Phi) is 7.35. The fourth-order valence-electron chi connectivity index (χ4n) is 4.17. The zero-order chi connectivity index (χ0) is 29.5. The maximum absolute atomic E-state index is 13.0. The van der Waals surface area contributed by atoms with Gasteiger partial charge in [-0.15, -0.1) is 11.8 Å². The van der Waals surface area contributed by atoms with Gasteiger partial charge in [0.05, 0.1) is 22.9 Å². The number of carbonyl (C=O) groups is 3. The Hall–Kier alpha value is -4.40. The van der Waals surface area contributed by atoms with E-state index in [0.717, 1.165) is 51.0 Å². The molecule has 6 heterocycles. The van der Waals surface area contributed by atoms with E-state index in [2.05, 4.69) is 34.2 Å². The van der Waals surface area contributed by atoms with Gasteiger partial charge in [0.1, 0.15) is 24.8 Å². The minimum absolute atomic E-state index is 0.0558. The number of pyridine rings is 1. The molecule has 0 aliphatic carbocycles. The van der Waals surface area contributed by atoms with Crippen molar-refractivity contribution in [2.45, 2.75) is 15.8 Å². The molecular formula is C22H17N11O5S4. The molecule has 0 bridgehead atoms. The van der Waals surface area contributed by atoms with E-state index in [1.807, 2.05) is 36.1 Å². The minimum atomic E-state index is -1.54. The number of aryl methyl sites for hydroxylation is 1. The summed E-state index contributed by atoms with van der Waals surface area (Å²) >= 11 is 4.19. The van der Waals surface area contributed by atoms with E-state index in [0.29, 0.717) is 15.2 Å². The Morgan fingerprint density at radius 3 is 2.86 bits per heavy atom. The number of β-lactam (4-membered cyclic amide) rings is 1. The number of aromatic nitrogens is 7. The summed E-state index contributed by atoms with van der Waals surface area (Å²) in [5.41, 5.74) is 6.33. The summed E-state index contributed by atoms with van der Waals surface area (Å²) in [5.74, 6) is -2.77. The average molecular weight is 644 g/mol. The molecule has 0 spiro atoms. The summed E-state index contributed by atoms with van der Waals surface area (Å²) in [6.45, 7) is 0. The van der Waals surface area contributed by atoms with Crippen molar-refractivity contribution in [3.63, 3.8) is 0 Å². The molecule has 2 atom stereocenters. The van der Waals surface area contributed by atoms with Crippen molar-refractivity contribution in [1.82, 2.24) is 38.5 Å². The first-order chi connectivity index (χ1) is 20.2. The monoisotopic (exact) mass is 643 g/mol. The van der Waals surface area contributed by atoms with Crippen molar-refractivity contribution < 1.29 is 29.3 Å². The number of carbonyl (C=O) groups excluding carboxylic acids is 3. The Morgan fingerprint density at radius 1 is 1.31 bits per heavy atom. The summed E-state index contributed by atoms with van der Waals surface area (Å²) in [6, 6.07) is 2.77. The Balaban J connectivity index is 1.17. The molecule has 1 unspecified atom stereocenters. The fourth-order valence-corrected chi connectivity index (χ4v) is 7.83. The maximum atomic E-state index is 13.0. The number of amides is 2. The van der Waals surface area contributed by atoms with Gasteiger partial charge in [0.25, 0.3) is 11.8 Å². The van der Waals surface area contributed by atoms with Gasteiger partial charge in [0.15, 0.2) is 21.9 Å². The second-order valence-corrected chi connectivity index (χ2v) is 12.7. The summed E-state index contributed by atoms with van der Waals surface area (Å²) in [7, 11) is 1.91. The first-order valence-corrected chi connectivity index (χ1v) is 15.2. The SMILES string of the molecule is C[n+]1cccc(-c2cn(-c3nsc(SC4=C(C(=O)[O-])N5C(=O)[C@@H](NC(=O)/C(=N\O)c6nsc(N)n6)C5SC4)n3)cn2)c1. The van der Waals surface area contributed by atoms with Crippen LogP contribution in [0.4, 0.5) is 5.13 Å². The molecule has 2 aliphatic rings. The van der Waals surface area contributed by atoms with Gasteiger partial charge in [-0.1, -0.05) is 16.9 Å². The lowest BCUT2D eigenvalue weighted by molar-refractivity contribution is -0.671. The number of carboxylic acid groups (broad SMARTS) is 1. The van der Waals surface area contributed by atoms with E-state index in [9.17, 15) is 24.7 Å². The molecule has 4 aromatic rings. The van der Waals surface area contributed by atoms with Crippen molar-refractivity contribution in [1.29, 1.82) is 0 Å². The molecule has 4 aromatic heterocycles. The van der Waals surface area contributed by atoms with Crippen LogP contribution in [0.5, 0.6) is 0 Å². The van der Waals surface area contributed by atoms with Gasteiger partial charge in [-0.25, -0.2) is 9.55 Å². The van der Waals surface area contributed by atoms with E-state index < -0.39 is 34.9 Å². The largest absolute Gasteiger partial charge is 0.543 e. The van der Waals surface area contributed by atoms with Crippen LogP contribution in [0.15, 0.2) is 57.1 Å². The van der Waals surface area contributed by atoms with E-state index >= 15 is 0 Å². The number of nitrogen functional groups attached to an aromatic ring is 1. The highest BCUT2D eigenvalue weighted by Gasteiger charge is 2.53. The predicted molar refractivity (Wildman–Crippen MR) is 149 cm³/mol. The van der Waals surface area contributed by atoms with Crippen molar-refractivity contribution in [3.05, 3.63) is 53.5 Å². The number of nitrogens with zero attached hydrogens (tertiary/aromatic N) is 9. The van der Waals surface area contributed by atoms with Gasteiger partial charge >= 0.3 is 0 Å². The van der Waals surface area contributed by atoms with Crippen molar-refractivity contribution in [3.8, 4) is 17.2 Å². The third kappa shape index (κ3) is 5.08. The third-order valence-electron chi connectivity index (χ3n) is 6.04. The number of thioether (sulfide) groups is 2. The highest BCUT2D eigenvalue weighted by molar-refractivity contribution is 8.07. The minimum Gasteiger partial charge on any atom is -0.543 e. The number of hydrogen-bond acceptors (Lipinski definition) is 16. The molecule has 2 amide bonds. The highest BCUT2D eigenvalue weighted by atomic mass is 32.2. The number of rotatable bonds is 8. The van der Waals surface area contributed by atoms with Crippen LogP contribution in [-0.2, 0) is 21.4 Å². The van der Waals surface area contributed by atoms with Gasteiger partial charge < -0.3 is 26.2 Å². The van der Waals surface area contributed by atoms with E-state index in [1.54, 1.807) is 17.1 Å². The number of imidazole rings is 1. The number of carboxylic acids is 1. The first kappa shape index (κ1) is 27.8. The quantitative estimate of drug-likeness (QED) is 0.0689. The van der Waals surface area contributed by atoms with Gasteiger partial charge in [-0.05, 0) is 17.6 Å². The summed E-state index contributed by atoms with van der Waals surface area (Å²) in [4.78, 5) is 52.0. The number of nitrogens with two attached hydrogens (primary N) is 1. The molecule has 42 heavy (non-hydrogen) atoms. The van der Waals surface area contributed by atoms with E-state index in [-0.39, 0.29) is 22.4 Å². The van der Waals surface area contributed by atoms with Crippen molar-refractivity contribution in [2.75, 3.05) is 11.5 Å². The predicted octanol–water partition coefficient (Wildman–Crippen LogP) is -1.02. The van der Waals surface area contributed by atoms with Crippen LogP contribution in [0, 0.1) is 0 Å². The number of hydrogen-bond donors (Lipinski definition) is 3. The second kappa shape index (κ2) is 11.1. The third-order valence-corrected chi connectivity index (χ3v) is 9.87. The van der Waals surface area contributed by atoms with Crippen LogP contribution in [0.25, 0.3) is 17.2 Å². The van der Waals surface area contributed by atoms with Gasteiger partial charge in [0, 0.05) is 34.5 Å². The number of anilines is 1. The second-order valence-electron chi connectivity index (χ2n) is 8.71. The van der Waals surface area contributed by atoms with E-state index in [1.165, 1.54) is 11.8 Å². The molecular weight excluding hydrogens is 627 g/mol. The smallest absolute Gasteiger partial charge is 0.278 e. The molecule has 6 rings (SSSR count). The van der Waals surface area contributed by atoms with Crippen LogP contribution in [0.3, 0.4) is 0 Å². The summed E-state index contributed by atoms with van der Waals surface area (Å²) in [6.07, 6.45) is 7.23. The summed E-state index contributed by atoms with van der Waals surface area (Å²) in [5, 5.41) is 26.1. The van der Waals surface area contributed by atoms with Crippen molar-refractivity contribution >= 4 is 75.2 Å². The molecule has 4 N–H and O–H groups in total. The van der Waals surface area contributed by atoms with Crippen LogP contribution in [0.2, 0.25) is 0 Å². The van der Waals surface area contributed by atoms with E-state index in [4.69, 9.17) is 5.73 Å². The molecule has 20 heteroatoms. The molecule has 16 nitrogen and oxygen atoms in total.